The molecular weight excluding hydrogens is 541 g/mol. The van der Waals surface area contributed by atoms with Crippen molar-refractivity contribution in [2.24, 2.45) is 0 Å². The molecule has 0 aliphatic rings. The first kappa shape index (κ1) is 26.5. The number of methoxy groups -OCH3 is 1. The summed E-state index contributed by atoms with van der Waals surface area (Å²) in [7, 11) is 1.53. The van der Waals surface area contributed by atoms with Crippen molar-refractivity contribution in [3.63, 3.8) is 0 Å². The minimum absolute atomic E-state index is 0.0961. The number of rotatable bonds is 7. The molecule has 0 aliphatic heterocycles. The van der Waals surface area contributed by atoms with Gasteiger partial charge < -0.3 is 14.8 Å². The molecule has 8 nitrogen and oxygen atoms in total. The summed E-state index contributed by atoms with van der Waals surface area (Å²) in [5, 5.41) is 4.09. The molecule has 1 amide bonds. The highest BCUT2D eigenvalue weighted by Gasteiger charge is 2.23. The molecule has 0 spiro atoms. The number of hydrogen-bond donors (Lipinski definition) is 1. The fourth-order valence-electron chi connectivity index (χ4n) is 3.81. The van der Waals surface area contributed by atoms with E-state index in [1.165, 1.54) is 23.9 Å². The van der Waals surface area contributed by atoms with Crippen molar-refractivity contribution in [2.75, 3.05) is 19.0 Å². The first-order valence-corrected chi connectivity index (χ1v) is 12.1. The van der Waals surface area contributed by atoms with Gasteiger partial charge in [-0.3, -0.25) is 19.0 Å². The minimum Gasteiger partial charge on any atom is -0.497 e. The molecule has 1 N–H and O–H groups in total. The number of amides is 1. The number of hydrogen-bond acceptors (Lipinski definition) is 6. The van der Waals surface area contributed by atoms with Gasteiger partial charge in [-0.25, -0.2) is 4.98 Å². The van der Waals surface area contributed by atoms with Crippen LogP contribution in [0.1, 0.15) is 21.6 Å². The second-order valence-corrected chi connectivity index (χ2v) is 9.24. The van der Waals surface area contributed by atoms with Gasteiger partial charge in [-0.1, -0.05) is 34.8 Å². The summed E-state index contributed by atoms with van der Waals surface area (Å²) >= 11 is 17.8. The Kier molecular flexibility index (Phi) is 8.02. The van der Waals surface area contributed by atoms with Crippen LogP contribution in [-0.4, -0.2) is 41.1 Å². The molecule has 4 rings (SSSR count). The van der Waals surface area contributed by atoms with E-state index in [9.17, 15) is 14.4 Å². The van der Waals surface area contributed by atoms with Crippen LogP contribution in [0.2, 0.25) is 15.1 Å². The van der Waals surface area contributed by atoms with Crippen LogP contribution in [0.15, 0.2) is 54.7 Å². The van der Waals surface area contributed by atoms with Crippen LogP contribution in [0.25, 0.3) is 10.9 Å². The summed E-state index contributed by atoms with van der Waals surface area (Å²) in [6, 6.07) is 13.2. The van der Waals surface area contributed by atoms with E-state index in [1.54, 1.807) is 49.4 Å². The largest absolute Gasteiger partial charge is 0.497 e. The lowest BCUT2D eigenvalue weighted by molar-refractivity contribution is -0.146. The molecule has 190 valence electrons. The van der Waals surface area contributed by atoms with Crippen LogP contribution < -0.4 is 10.1 Å². The molecule has 0 aliphatic carbocycles. The molecule has 0 atom stereocenters. The molecule has 2 heterocycles. The molecule has 11 heteroatoms. The molecule has 2 aromatic heterocycles. The van der Waals surface area contributed by atoms with E-state index in [0.717, 1.165) is 0 Å². The number of carbonyl (C=O) groups excluding carboxylic acids is 3. The fourth-order valence-corrected chi connectivity index (χ4v) is 4.37. The van der Waals surface area contributed by atoms with Gasteiger partial charge in [0.2, 0.25) is 0 Å². The smallest absolute Gasteiger partial charge is 0.310 e. The van der Waals surface area contributed by atoms with Gasteiger partial charge in [0, 0.05) is 27.9 Å². The number of ether oxygens (including phenoxy) is 2. The molecule has 0 radical (unpaired) electrons. The molecule has 2 aromatic carbocycles. The van der Waals surface area contributed by atoms with Crippen LogP contribution in [0.3, 0.4) is 0 Å². The molecule has 0 bridgehead atoms. The second kappa shape index (κ2) is 11.2. The Balaban J connectivity index is 1.56. The third-order valence-electron chi connectivity index (χ3n) is 5.59. The van der Waals surface area contributed by atoms with Crippen LogP contribution in [0, 0.1) is 6.92 Å². The van der Waals surface area contributed by atoms with Crippen molar-refractivity contribution in [2.45, 2.75) is 13.3 Å². The Bertz CT molecular complexity index is 1520. The van der Waals surface area contributed by atoms with Gasteiger partial charge in [0.1, 0.15) is 5.75 Å². The maximum Gasteiger partial charge on any atom is 0.310 e. The summed E-state index contributed by atoms with van der Waals surface area (Å²) in [6.07, 6.45) is 1.15. The third-order valence-corrected chi connectivity index (χ3v) is 6.33. The Hall–Kier alpha value is -3.59. The third kappa shape index (κ3) is 5.88. The maximum atomic E-state index is 13.4. The van der Waals surface area contributed by atoms with Crippen molar-refractivity contribution in [1.82, 2.24) is 9.55 Å². The quantitative estimate of drug-likeness (QED) is 0.290. The van der Waals surface area contributed by atoms with Gasteiger partial charge in [-0.2, -0.15) is 0 Å². The molecule has 0 fully saturated rings. The lowest BCUT2D eigenvalue weighted by Gasteiger charge is -2.09. The average molecular weight is 561 g/mol. The lowest BCUT2D eigenvalue weighted by Crippen LogP contribution is -2.22. The van der Waals surface area contributed by atoms with Crippen LogP contribution in [0.5, 0.6) is 5.75 Å². The predicted octanol–water partition coefficient (Wildman–Crippen LogP) is 5.73. The van der Waals surface area contributed by atoms with E-state index in [2.05, 4.69) is 10.3 Å². The highest BCUT2D eigenvalue weighted by molar-refractivity contribution is 6.36. The Labute approximate surface area is 227 Å². The first-order valence-electron chi connectivity index (χ1n) is 10.9. The van der Waals surface area contributed by atoms with Gasteiger partial charge >= 0.3 is 5.97 Å². The number of esters is 1. The summed E-state index contributed by atoms with van der Waals surface area (Å²) < 4.78 is 12.1. The minimum atomic E-state index is -0.658. The van der Waals surface area contributed by atoms with Gasteiger partial charge in [0.25, 0.3) is 11.8 Å². The van der Waals surface area contributed by atoms with Gasteiger partial charge in [-0.15, -0.1) is 0 Å². The first-order chi connectivity index (χ1) is 17.7. The van der Waals surface area contributed by atoms with E-state index in [4.69, 9.17) is 44.3 Å². The topological polar surface area (TPSA) is 99.5 Å². The summed E-state index contributed by atoms with van der Waals surface area (Å²) in [5.74, 6) is -0.905. The Morgan fingerprint density at radius 1 is 1.00 bits per heavy atom. The van der Waals surface area contributed by atoms with Crippen LogP contribution in [-0.2, 0) is 20.7 Å². The number of fused-ring (bicyclic) bond motifs is 1. The highest BCUT2D eigenvalue weighted by Crippen LogP contribution is 2.31. The number of anilines is 1. The van der Waals surface area contributed by atoms with Crippen LogP contribution >= 0.6 is 34.8 Å². The van der Waals surface area contributed by atoms with E-state index in [-0.39, 0.29) is 23.2 Å². The highest BCUT2D eigenvalue weighted by atomic mass is 35.5. The number of carbonyl (C=O) groups is 3. The number of benzene rings is 2. The van der Waals surface area contributed by atoms with Crippen molar-refractivity contribution in [3.8, 4) is 5.75 Å². The van der Waals surface area contributed by atoms with Crippen molar-refractivity contribution in [3.05, 3.63) is 86.6 Å². The summed E-state index contributed by atoms with van der Waals surface area (Å²) in [5.41, 5.74) is 2.16. The average Bonchev–Trinajstić information content (AvgIpc) is 3.14. The zero-order chi connectivity index (χ0) is 26.7. The Morgan fingerprint density at radius 3 is 2.41 bits per heavy atom. The molecule has 0 unspecified atom stereocenters. The normalized spacial score (nSPS) is 10.8. The zero-order valence-corrected chi connectivity index (χ0v) is 21.9. The standard InChI is InChI=1S/C26H20Cl3N3O5/c1-14-19(11-24(34)37-13-23(33)31-25-21(29)9-17(28)12-30-25)20-10-18(36-2)7-8-22(20)32(14)26(35)15-3-5-16(27)6-4-15/h3-10,12H,11,13H2,1-2H3,(H,30,31,33). The van der Waals surface area contributed by atoms with Crippen molar-refractivity contribution >= 4 is 69.3 Å². The Morgan fingerprint density at radius 2 is 1.73 bits per heavy atom. The van der Waals surface area contributed by atoms with E-state index in [1.807, 2.05) is 0 Å². The summed E-state index contributed by atoms with van der Waals surface area (Å²) in [6.45, 7) is 1.19. The van der Waals surface area contributed by atoms with Gasteiger partial charge in [0.15, 0.2) is 12.4 Å². The molecule has 4 aromatic rings. The second-order valence-electron chi connectivity index (χ2n) is 7.96. The van der Waals surface area contributed by atoms with Gasteiger partial charge in [-0.05, 0) is 61.0 Å². The lowest BCUT2D eigenvalue weighted by atomic mass is 10.1. The zero-order valence-electron chi connectivity index (χ0n) is 19.7. The van der Waals surface area contributed by atoms with E-state index < -0.39 is 18.5 Å². The molecule has 0 saturated carbocycles. The molecule has 0 saturated heterocycles. The molecule has 37 heavy (non-hydrogen) atoms. The van der Waals surface area contributed by atoms with Crippen LogP contribution in [0.4, 0.5) is 5.82 Å². The van der Waals surface area contributed by atoms with Gasteiger partial charge in [0.05, 0.1) is 29.1 Å². The van der Waals surface area contributed by atoms with E-state index in [0.29, 0.717) is 43.5 Å². The maximum absolute atomic E-state index is 13.4. The monoisotopic (exact) mass is 559 g/mol. The number of aromatic nitrogens is 2. The predicted molar refractivity (Wildman–Crippen MR) is 142 cm³/mol. The van der Waals surface area contributed by atoms with Crippen molar-refractivity contribution in [1.29, 1.82) is 0 Å². The number of nitrogens with one attached hydrogen (secondary N) is 1. The van der Waals surface area contributed by atoms with E-state index >= 15 is 0 Å². The number of halogens is 3. The summed E-state index contributed by atoms with van der Waals surface area (Å²) in [4.78, 5) is 42.3. The molecular formula is C26H20Cl3N3O5. The van der Waals surface area contributed by atoms with Crippen molar-refractivity contribution < 1.29 is 23.9 Å². The number of pyridine rings is 1. The number of nitrogens with zero attached hydrogens (tertiary/aromatic N) is 2. The SMILES string of the molecule is COc1ccc2c(c1)c(CC(=O)OCC(=O)Nc1ncc(Cl)cc1Cl)c(C)n2C(=O)c1ccc(Cl)cc1. The fraction of sp³-hybridized carbons (Fsp3) is 0.154.